The van der Waals surface area contributed by atoms with E-state index in [2.05, 4.69) is 4.98 Å². The highest BCUT2D eigenvalue weighted by atomic mass is 16.4. The Labute approximate surface area is 122 Å². The van der Waals surface area contributed by atoms with Crippen LogP contribution in [0.4, 0.5) is 0 Å². The Morgan fingerprint density at radius 3 is 1.68 bits per heavy atom. The number of carboxylic acids is 3. The van der Waals surface area contributed by atoms with Gasteiger partial charge >= 0.3 is 17.9 Å². The van der Waals surface area contributed by atoms with E-state index in [1.165, 1.54) is 24.3 Å². The average Bonchev–Trinajstić information content (AvgIpc) is 2.88. The van der Waals surface area contributed by atoms with Crippen LogP contribution in [0.3, 0.4) is 0 Å². The summed E-state index contributed by atoms with van der Waals surface area (Å²) in [6, 6.07) is 7.50. The Hall–Kier alpha value is -3.42. The number of hydrogen-bond acceptors (Lipinski definition) is 4. The number of H-pyrrole nitrogens is 1. The Morgan fingerprint density at radius 2 is 1.23 bits per heavy atom. The molecular formula is C14H9NO7. The van der Waals surface area contributed by atoms with Gasteiger partial charge in [0, 0.05) is 5.56 Å². The number of nitrogens with one attached hydrogen (secondary N) is 1. The number of rotatable bonds is 5. The number of carboxylic acid groups (broad SMARTS) is 3. The second-order valence-corrected chi connectivity index (χ2v) is 4.24. The number of ketones is 1. The van der Waals surface area contributed by atoms with E-state index < -0.39 is 46.2 Å². The Kier molecular flexibility index (Phi) is 3.76. The highest BCUT2D eigenvalue weighted by molar-refractivity contribution is 6.19. The zero-order valence-corrected chi connectivity index (χ0v) is 10.9. The van der Waals surface area contributed by atoms with Crippen LogP contribution in [-0.4, -0.2) is 44.0 Å². The molecule has 0 aliphatic rings. The standard InChI is InChI=1S/C14H9NO7/c16-11(6-4-2-1-3-5-6)9-7(12(17)18)8(13(19)20)10(15-9)14(21)22/h1-5,15H,(H,17,18)(H,19,20)(H,21,22). The van der Waals surface area contributed by atoms with Crippen LogP contribution in [0.5, 0.6) is 0 Å². The Bertz CT molecular complexity index is 789. The van der Waals surface area contributed by atoms with Gasteiger partial charge in [-0.05, 0) is 0 Å². The molecule has 1 aromatic heterocycles. The summed E-state index contributed by atoms with van der Waals surface area (Å²) in [6.45, 7) is 0. The van der Waals surface area contributed by atoms with Crippen molar-refractivity contribution in [3.8, 4) is 0 Å². The van der Waals surface area contributed by atoms with Crippen molar-refractivity contribution in [2.45, 2.75) is 0 Å². The number of aromatic amines is 1. The van der Waals surface area contributed by atoms with Gasteiger partial charge in [-0.15, -0.1) is 0 Å². The highest BCUT2D eigenvalue weighted by Crippen LogP contribution is 2.22. The first kappa shape index (κ1) is 15.0. The summed E-state index contributed by atoms with van der Waals surface area (Å²) < 4.78 is 0. The van der Waals surface area contributed by atoms with Crippen LogP contribution in [-0.2, 0) is 0 Å². The van der Waals surface area contributed by atoms with E-state index in [0.717, 1.165) is 0 Å². The molecule has 0 aliphatic heterocycles. The first-order valence-electron chi connectivity index (χ1n) is 5.90. The van der Waals surface area contributed by atoms with Crippen LogP contribution in [0.25, 0.3) is 0 Å². The van der Waals surface area contributed by atoms with Crippen molar-refractivity contribution in [1.82, 2.24) is 4.98 Å². The lowest BCUT2D eigenvalue weighted by Crippen LogP contribution is -2.12. The predicted molar refractivity (Wildman–Crippen MR) is 71.5 cm³/mol. The largest absolute Gasteiger partial charge is 0.478 e. The molecule has 8 heteroatoms. The van der Waals surface area contributed by atoms with Crippen LogP contribution in [0.15, 0.2) is 30.3 Å². The maximum Gasteiger partial charge on any atom is 0.353 e. The molecule has 2 aromatic rings. The third-order valence-electron chi connectivity index (χ3n) is 2.90. The van der Waals surface area contributed by atoms with Crippen LogP contribution < -0.4 is 0 Å². The van der Waals surface area contributed by atoms with Gasteiger partial charge in [0.25, 0.3) is 0 Å². The molecule has 0 saturated carbocycles. The zero-order valence-electron chi connectivity index (χ0n) is 10.9. The fraction of sp³-hybridized carbons (Fsp3) is 0. The number of carbonyl (C=O) groups excluding carboxylic acids is 1. The smallest absolute Gasteiger partial charge is 0.353 e. The van der Waals surface area contributed by atoms with E-state index in [1.54, 1.807) is 6.07 Å². The lowest BCUT2D eigenvalue weighted by atomic mass is 10.0. The van der Waals surface area contributed by atoms with E-state index in [-0.39, 0.29) is 5.56 Å². The highest BCUT2D eigenvalue weighted by Gasteiger charge is 2.33. The molecule has 4 N–H and O–H groups in total. The van der Waals surface area contributed by atoms with Crippen molar-refractivity contribution in [3.63, 3.8) is 0 Å². The fourth-order valence-electron chi connectivity index (χ4n) is 1.99. The van der Waals surface area contributed by atoms with E-state index >= 15 is 0 Å². The van der Waals surface area contributed by atoms with Gasteiger partial charge in [0.1, 0.15) is 22.5 Å². The van der Waals surface area contributed by atoms with Crippen molar-refractivity contribution >= 4 is 23.7 Å². The quantitative estimate of drug-likeness (QED) is 0.610. The van der Waals surface area contributed by atoms with Crippen LogP contribution in [0, 0.1) is 0 Å². The van der Waals surface area contributed by atoms with Crippen LogP contribution >= 0.6 is 0 Å². The van der Waals surface area contributed by atoms with Gasteiger partial charge in [0.15, 0.2) is 0 Å². The molecule has 112 valence electrons. The molecule has 2 rings (SSSR count). The minimum Gasteiger partial charge on any atom is -0.478 e. The van der Waals surface area contributed by atoms with Gasteiger partial charge in [-0.3, -0.25) is 4.79 Å². The summed E-state index contributed by atoms with van der Waals surface area (Å²) in [4.78, 5) is 47.9. The van der Waals surface area contributed by atoms with Crippen molar-refractivity contribution in [2.24, 2.45) is 0 Å². The van der Waals surface area contributed by atoms with Crippen molar-refractivity contribution in [3.05, 3.63) is 58.4 Å². The van der Waals surface area contributed by atoms with Crippen molar-refractivity contribution < 1.29 is 34.5 Å². The normalized spacial score (nSPS) is 10.2. The van der Waals surface area contributed by atoms with E-state index in [0.29, 0.717) is 0 Å². The van der Waals surface area contributed by atoms with Gasteiger partial charge in [-0.25, -0.2) is 14.4 Å². The summed E-state index contributed by atoms with van der Waals surface area (Å²) >= 11 is 0. The molecule has 0 amide bonds. The predicted octanol–water partition coefficient (Wildman–Crippen LogP) is 1.34. The Morgan fingerprint density at radius 1 is 0.727 bits per heavy atom. The SMILES string of the molecule is O=C(O)c1[nH]c(C(=O)c2ccccc2)c(C(=O)O)c1C(=O)O. The molecule has 0 bridgehead atoms. The van der Waals surface area contributed by atoms with Crippen LogP contribution in [0.1, 0.15) is 47.3 Å². The molecule has 8 nitrogen and oxygen atoms in total. The minimum atomic E-state index is -1.75. The van der Waals surface area contributed by atoms with Crippen molar-refractivity contribution in [2.75, 3.05) is 0 Å². The van der Waals surface area contributed by atoms with E-state index in [4.69, 9.17) is 15.3 Å². The van der Waals surface area contributed by atoms with E-state index in [1.807, 2.05) is 0 Å². The lowest BCUT2D eigenvalue weighted by Gasteiger charge is -2.01. The van der Waals surface area contributed by atoms with E-state index in [9.17, 15) is 19.2 Å². The third kappa shape index (κ3) is 2.44. The first-order valence-corrected chi connectivity index (χ1v) is 5.90. The molecule has 22 heavy (non-hydrogen) atoms. The summed E-state index contributed by atoms with van der Waals surface area (Å²) in [6.07, 6.45) is 0. The molecular weight excluding hydrogens is 294 g/mol. The maximum absolute atomic E-state index is 12.3. The fourth-order valence-corrected chi connectivity index (χ4v) is 1.99. The molecule has 1 aromatic carbocycles. The molecule has 1 heterocycles. The molecule has 0 unspecified atom stereocenters. The van der Waals surface area contributed by atoms with Gasteiger partial charge in [-0.1, -0.05) is 30.3 Å². The monoisotopic (exact) mass is 303 g/mol. The summed E-state index contributed by atoms with van der Waals surface area (Å²) in [5.41, 5.74) is -3.18. The van der Waals surface area contributed by atoms with Crippen molar-refractivity contribution in [1.29, 1.82) is 0 Å². The zero-order chi connectivity index (χ0) is 16.4. The molecule has 0 radical (unpaired) electrons. The second kappa shape index (κ2) is 5.52. The summed E-state index contributed by atoms with van der Waals surface area (Å²) in [5.74, 6) is -5.95. The van der Waals surface area contributed by atoms with Gasteiger partial charge in [-0.2, -0.15) is 0 Å². The maximum atomic E-state index is 12.3. The Balaban J connectivity index is 2.74. The summed E-state index contributed by atoms with van der Waals surface area (Å²) in [7, 11) is 0. The number of benzene rings is 1. The first-order chi connectivity index (χ1) is 10.3. The number of aromatic nitrogens is 1. The molecule has 0 spiro atoms. The number of aromatic carboxylic acids is 3. The molecule has 0 aliphatic carbocycles. The topological polar surface area (TPSA) is 145 Å². The molecule has 0 fully saturated rings. The minimum absolute atomic E-state index is 0.0973. The van der Waals surface area contributed by atoms with Gasteiger partial charge in [0.05, 0.1) is 0 Å². The average molecular weight is 303 g/mol. The number of hydrogen-bond donors (Lipinski definition) is 4. The molecule has 0 atom stereocenters. The van der Waals surface area contributed by atoms with Gasteiger partial charge < -0.3 is 20.3 Å². The third-order valence-corrected chi connectivity index (χ3v) is 2.90. The summed E-state index contributed by atoms with van der Waals surface area (Å²) in [5, 5.41) is 27.2. The lowest BCUT2D eigenvalue weighted by molar-refractivity contribution is 0.0634. The van der Waals surface area contributed by atoms with Crippen LogP contribution in [0.2, 0.25) is 0 Å². The molecule has 0 saturated heterocycles. The number of carbonyl (C=O) groups is 4. The second-order valence-electron chi connectivity index (χ2n) is 4.24. The van der Waals surface area contributed by atoms with Gasteiger partial charge in [0.2, 0.25) is 5.78 Å².